The molecule has 1 amide bonds. The molecular formula is C14H23N3OS. The van der Waals surface area contributed by atoms with Gasteiger partial charge in [-0.2, -0.15) is 0 Å². The third kappa shape index (κ3) is 4.01. The Hall–Kier alpha value is -0.940. The number of hydrogen-bond acceptors (Lipinski definition) is 4. The second-order valence-corrected chi connectivity index (χ2v) is 6.61. The van der Waals surface area contributed by atoms with Gasteiger partial charge in [-0.05, 0) is 38.6 Å². The van der Waals surface area contributed by atoms with E-state index in [1.54, 1.807) is 11.3 Å². The molecule has 5 heteroatoms. The number of carbonyl (C=O) groups excluding carboxylic acids is 1. The number of aromatic nitrogens is 1. The molecule has 0 radical (unpaired) electrons. The largest absolute Gasteiger partial charge is 0.301 e. The SMILES string of the molecule is CCc1nc(NC(=O)CN2CCCC(C)C2)sc1C. The molecule has 0 aromatic carbocycles. The number of nitrogens with zero attached hydrogens (tertiary/aromatic N) is 2. The molecule has 1 N–H and O–H groups in total. The highest BCUT2D eigenvalue weighted by Crippen LogP contribution is 2.22. The van der Waals surface area contributed by atoms with Crippen LogP contribution in [0, 0.1) is 12.8 Å². The van der Waals surface area contributed by atoms with E-state index in [-0.39, 0.29) is 5.91 Å². The molecule has 1 aromatic heterocycles. The minimum atomic E-state index is 0.0607. The highest BCUT2D eigenvalue weighted by atomic mass is 32.1. The summed E-state index contributed by atoms with van der Waals surface area (Å²) >= 11 is 1.57. The number of hydrogen-bond donors (Lipinski definition) is 1. The number of piperidine rings is 1. The molecule has 0 aliphatic carbocycles. The average molecular weight is 281 g/mol. The summed E-state index contributed by atoms with van der Waals surface area (Å²) in [6.07, 6.45) is 3.40. The van der Waals surface area contributed by atoms with Gasteiger partial charge >= 0.3 is 0 Å². The maximum atomic E-state index is 12.0. The number of anilines is 1. The van der Waals surface area contributed by atoms with Crippen molar-refractivity contribution < 1.29 is 4.79 Å². The van der Waals surface area contributed by atoms with Gasteiger partial charge < -0.3 is 5.32 Å². The zero-order valence-electron chi connectivity index (χ0n) is 12.0. The van der Waals surface area contributed by atoms with Gasteiger partial charge in [0.25, 0.3) is 0 Å². The van der Waals surface area contributed by atoms with Crippen molar-refractivity contribution in [1.29, 1.82) is 0 Å². The van der Waals surface area contributed by atoms with E-state index in [4.69, 9.17) is 0 Å². The van der Waals surface area contributed by atoms with Crippen molar-refractivity contribution in [1.82, 2.24) is 9.88 Å². The molecule has 106 valence electrons. The summed E-state index contributed by atoms with van der Waals surface area (Å²) in [6.45, 7) is 8.95. The van der Waals surface area contributed by atoms with Gasteiger partial charge in [-0.3, -0.25) is 9.69 Å². The number of nitrogens with one attached hydrogen (secondary N) is 1. The summed E-state index contributed by atoms with van der Waals surface area (Å²) in [5, 5.41) is 3.67. The lowest BCUT2D eigenvalue weighted by Gasteiger charge is -2.29. The number of carbonyl (C=O) groups is 1. The summed E-state index contributed by atoms with van der Waals surface area (Å²) in [7, 11) is 0. The van der Waals surface area contributed by atoms with E-state index in [0.29, 0.717) is 12.5 Å². The second kappa shape index (κ2) is 6.48. The molecule has 1 fully saturated rings. The van der Waals surface area contributed by atoms with Gasteiger partial charge in [0.1, 0.15) is 0 Å². The van der Waals surface area contributed by atoms with Gasteiger partial charge in [-0.1, -0.05) is 13.8 Å². The van der Waals surface area contributed by atoms with E-state index in [0.717, 1.165) is 30.3 Å². The Balaban J connectivity index is 1.86. The summed E-state index contributed by atoms with van der Waals surface area (Å²) < 4.78 is 0. The molecule has 0 bridgehead atoms. The van der Waals surface area contributed by atoms with Crippen LogP contribution in [0.25, 0.3) is 0 Å². The number of amides is 1. The van der Waals surface area contributed by atoms with Crippen molar-refractivity contribution >= 4 is 22.4 Å². The van der Waals surface area contributed by atoms with Crippen LogP contribution in [-0.4, -0.2) is 35.4 Å². The molecule has 1 saturated heterocycles. The van der Waals surface area contributed by atoms with Crippen LogP contribution < -0.4 is 5.32 Å². The first-order chi connectivity index (χ1) is 9.08. The van der Waals surface area contributed by atoms with Crippen LogP contribution >= 0.6 is 11.3 Å². The fraction of sp³-hybridized carbons (Fsp3) is 0.714. The summed E-state index contributed by atoms with van der Waals surface area (Å²) in [4.78, 5) is 19.9. The minimum absolute atomic E-state index is 0.0607. The van der Waals surface area contributed by atoms with Gasteiger partial charge in [0.05, 0.1) is 12.2 Å². The fourth-order valence-corrected chi connectivity index (χ4v) is 3.52. The van der Waals surface area contributed by atoms with E-state index in [9.17, 15) is 4.79 Å². The molecule has 2 rings (SSSR count). The van der Waals surface area contributed by atoms with Crippen LogP contribution in [0.3, 0.4) is 0 Å². The van der Waals surface area contributed by atoms with Crippen molar-refractivity contribution in [2.24, 2.45) is 5.92 Å². The Kier molecular flexibility index (Phi) is 4.93. The van der Waals surface area contributed by atoms with E-state index < -0.39 is 0 Å². The molecule has 0 spiro atoms. The molecule has 1 aromatic rings. The molecule has 2 heterocycles. The monoisotopic (exact) mass is 281 g/mol. The van der Waals surface area contributed by atoms with Crippen LogP contribution in [-0.2, 0) is 11.2 Å². The van der Waals surface area contributed by atoms with Crippen LogP contribution in [0.15, 0.2) is 0 Å². The number of rotatable bonds is 4. The van der Waals surface area contributed by atoms with Gasteiger partial charge in [0.15, 0.2) is 5.13 Å². The molecule has 1 unspecified atom stereocenters. The number of thiazole rings is 1. The molecule has 1 aliphatic rings. The smallest absolute Gasteiger partial charge is 0.240 e. The topological polar surface area (TPSA) is 45.2 Å². The Morgan fingerprint density at radius 3 is 3.00 bits per heavy atom. The number of likely N-dealkylation sites (tertiary alicyclic amines) is 1. The van der Waals surface area contributed by atoms with E-state index in [1.807, 2.05) is 0 Å². The molecule has 19 heavy (non-hydrogen) atoms. The molecule has 1 aliphatic heterocycles. The molecule has 0 saturated carbocycles. The van der Waals surface area contributed by atoms with E-state index >= 15 is 0 Å². The minimum Gasteiger partial charge on any atom is -0.301 e. The Labute approximate surface area is 119 Å². The summed E-state index contributed by atoms with van der Waals surface area (Å²) in [5.41, 5.74) is 1.09. The van der Waals surface area contributed by atoms with Gasteiger partial charge in [0.2, 0.25) is 5.91 Å². The van der Waals surface area contributed by atoms with Gasteiger partial charge in [-0.25, -0.2) is 4.98 Å². The Morgan fingerprint density at radius 2 is 2.37 bits per heavy atom. The molecular weight excluding hydrogens is 258 g/mol. The van der Waals surface area contributed by atoms with Crippen LogP contribution in [0.1, 0.15) is 37.3 Å². The third-order valence-corrected chi connectivity index (χ3v) is 4.51. The second-order valence-electron chi connectivity index (χ2n) is 5.41. The highest BCUT2D eigenvalue weighted by molar-refractivity contribution is 7.15. The van der Waals surface area contributed by atoms with Crippen molar-refractivity contribution in [2.45, 2.75) is 40.0 Å². The van der Waals surface area contributed by atoms with Crippen molar-refractivity contribution in [2.75, 3.05) is 25.0 Å². The first-order valence-electron chi connectivity index (χ1n) is 7.07. The predicted molar refractivity (Wildman–Crippen MR) is 79.7 cm³/mol. The van der Waals surface area contributed by atoms with Crippen LogP contribution in [0.4, 0.5) is 5.13 Å². The first kappa shape index (κ1) is 14.5. The number of aryl methyl sites for hydroxylation is 2. The zero-order valence-corrected chi connectivity index (χ0v) is 12.8. The van der Waals surface area contributed by atoms with Gasteiger partial charge in [0, 0.05) is 11.4 Å². The van der Waals surface area contributed by atoms with Crippen molar-refractivity contribution in [3.8, 4) is 0 Å². The normalized spacial score (nSPS) is 20.5. The van der Waals surface area contributed by atoms with Crippen molar-refractivity contribution in [3.05, 3.63) is 10.6 Å². The Morgan fingerprint density at radius 1 is 1.58 bits per heavy atom. The van der Waals surface area contributed by atoms with Gasteiger partial charge in [-0.15, -0.1) is 11.3 Å². The van der Waals surface area contributed by atoms with Crippen LogP contribution in [0.5, 0.6) is 0 Å². The lowest BCUT2D eigenvalue weighted by molar-refractivity contribution is -0.117. The lowest BCUT2D eigenvalue weighted by Crippen LogP contribution is -2.39. The predicted octanol–water partition coefficient (Wildman–Crippen LogP) is 2.68. The zero-order chi connectivity index (χ0) is 13.8. The molecule has 1 atom stereocenters. The maximum absolute atomic E-state index is 12.0. The summed E-state index contributed by atoms with van der Waals surface area (Å²) in [5.74, 6) is 0.765. The van der Waals surface area contributed by atoms with Crippen molar-refractivity contribution in [3.63, 3.8) is 0 Å². The Bertz CT molecular complexity index is 444. The first-order valence-corrected chi connectivity index (χ1v) is 7.88. The maximum Gasteiger partial charge on any atom is 0.240 e. The lowest BCUT2D eigenvalue weighted by atomic mass is 10.0. The van der Waals surface area contributed by atoms with Crippen LogP contribution in [0.2, 0.25) is 0 Å². The fourth-order valence-electron chi connectivity index (χ4n) is 2.60. The molecule has 4 nitrogen and oxygen atoms in total. The van der Waals surface area contributed by atoms with E-state index in [1.165, 1.54) is 17.7 Å². The summed E-state index contributed by atoms with van der Waals surface area (Å²) in [6, 6.07) is 0. The van der Waals surface area contributed by atoms with E-state index in [2.05, 4.69) is 36.0 Å². The average Bonchev–Trinajstić information content (AvgIpc) is 2.69. The highest BCUT2D eigenvalue weighted by Gasteiger charge is 2.19. The third-order valence-electron chi connectivity index (χ3n) is 3.58. The standard InChI is InChI=1S/C14H23N3OS/c1-4-12-11(3)19-14(15-12)16-13(18)9-17-7-5-6-10(2)8-17/h10H,4-9H2,1-3H3,(H,15,16,18). The quantitative estimate of drug-likeness (QED) is 0.923.